The first-order chi connectivity index (χ1) is 14.3. The Morgan fingerprint density at radius 1 is 0.600 bits per heavy atom. The third-order valence-electron chi connectivity index (χ3n) is 7.34. The van der Waals surface area contributed by atoms with Crippen molar-refractivity contribution in [3.8, 4) is 11.5 Å². The Labute approximate surface area is 212 Å². The maximum atomic E-state index is 10.3. The Hall–Kier alpha value is -0.0400. The van der Waals surface area contributed by atoms with Crippen molar-refractivity contribution >= 4 is 63.7 Å². The van der Waals surface area contributed by atoms with Gasteiger partial charge in [-0.1, -0.05) is 32.1 Å². The zero-order valence-corrected chi connectivity index (χ0v) is 23.1. The van der Waals surface area contributed by atoms with Crippen LogP contribution in [0.3, 0.4) is 0 Å². The van der Waals surface area contributed by atoms with E-state index in [0.29, 0.717) is 17.9 Å². The summed E-state index contributed by atoms with van der Waals surface area (Å²) in [6.07, 6.45) is 11.5. The second kappa shape index (κ2) is 9.44. The van der Waals surface area contributed by atoms with Crippen LogP contribution in [0.15, 0.2) is 42.2 Å². The SMILES string of the molecule is Oc1c(Br)cc(C2(c3cc(Br)c(O)c(Br)c3)CCC(C3CCCCC3)CC2)cc1Br. The molecule has 0 bridgehead atoms. The third kappa shape index (κ3) is 4.40. The van der Waals surface area contributed by atoms with Crippen LogP contribution in [0.5, 0.6) is 11.5 Å². The van der Waals surface area contributed by atoms with Gasteiger partial charge < -0.3 is 10.2 Å². The molecule has 4 rings (SSSR count). The van der Waals surface area contributed by atoms with Crippen molar-refractivity contribution in [3.63, 3.8) is 0 Å². The summed E-state index contributed by atoms with van der Waals surface area (Å²) in [5, 5.41) is 20.6. The third-order valence-corrected chi connectivity index (χ3v) is 9.76. The maximum Gasteiger partial charge on any atom is 0.143 e. The fourth-order valence-electron chi connectivity index (χ4n) is 5.64. The molecule has 2 aromatic rings. The van der Waals surface area contributed by atoms with Gasteiger partial charge in [-0.15, -0.1) is 0 Å². The molecule has 0 atom stereocenters. The molecule has 6 heteroatoms. The molecule has 162 valence electrons. The zero-order chi connectivity index (χ0) is 21.5. The van der Waals surface area contributed by atoms with Gasteiger partial charge in [0.2, 0.25) is 0 Å². The molecule has 0 amide bonds. The average molecular weight is 666 g/mol. The van der Waals surface area contributed by atoms with Gasteiger partial charge in [0.05, 0.1) is 17.9 Å². The number of halogens is 4. The monoisotopic (exact) mass is 662 g/mol. The van der Waals surface area contributed by atoms with E-state index < -0.39 is 0 Å². The summed E-state index contributed by atoms with van der Waals surface area (Å²) < 4.78 is 2.82. The number of phenols is 2. The van der Waals surface area contributed by atoms with Crippen molar-refractivity contribution < 1.29 is 10.2 Å². The van der Waals surface area contributed by atoms with Gasteiger partial charge in [-0.25, -0.2) is 0 Å². The number of aromatic hydroxyl groups is 2. The minimum absolute atomic E-state index is 0.150. The van der Waals surface area contributed by atoms with Crippen molar-refractivity contribution in [3.05, 3.63) is 53.3 Å². The molecule has 2 aliphatic carbocycles. The molecule has 2 aliphatic rings. The van der Waals surface area contributed by atoms with Crippen molar-refractivity contribution in [1.82, 2.24) is 0 Å². The van der Waals surface area contributed by atoms with Gasteiger partial charge in [-0.05, 0) is 137 Å². The molecule has 0 aliphatic heterocycles. The molecule has 2 fully saturated rings. The van der Waals surface area contributed by atoms with Crippen molar-refractivity contribution in [2.24, 2.45) is 11.8 Å². The second-order valence-corrected chi connectivity index (χ2v) is 12.3. The van der Waals surface area contributed by atoms with Gasteiger partial charge in [-0.2, -0.15) is 0 Å². The van der Waals surface area contributed by atoms with Crippen molar-refractivity contribution in [2.45, 2.75) is 63.2 Å². The maximum absolute atomic E-state index is 10.3. The Balaban J connectivity index is 1.75. The number of phenolic OH excluding ortho intramolecular Hbond substituents is 2. The van der Waals surface area contributed by atoms with Crippen LogP contribution < -0.4 is 0 Å². The van der Waals surface area contributed by atoms with Crippen LogP contribution in [0.2, 0.25) is 0 Å². The summed E-state index contributed by atoms with van der Waals surface area (Å²) >= 11 is 14.1. The summed E-state index contributed by atoms with van der Waals surface area (Å²) in [4.78, 5) is 0. The summed E-state index contributed by atoms with van der Waals surface area (Å²) in [5.41, 5.74) is 2.25. The lowest BCUT2D eigenvalue weighted by Gasteiger charge is -2.44. The molecule has 0 heterocycles. The molecule has 2 saturated carbocycles. The van der Waals surface area contributed by atoms with Crippen LogP contribution in [0.1, 0.15) is 68.9 Å². The minimum Gasteiger partial charge on any atom is -0.506 e. The van der Waals surface area contributed by atoms with E-state index >= 15 is 0 Å². The fourth-order valence-corrected chi connectivity index (χ4v) is 8.01. The van der Waals surface area contributed by atoms with Gasteiger partial charge in [0.15, 0.2) is 0 Å². The standard InChI is InChI=1S/C24H26Br4O2/c25-18-10-16(11-19(26)22(18)29)24(17-12-20(27)23(30)21(28)13-17)8-6-15(7-9-24)14-4-2-1-3-5-14/h10-15,29-30H,1-9H2. The molecule has 0 spiro atoms. The van der Waals surface area contributed by atoms with E-state index in [1.165, 1.54) is 56.1 Å². The predicted octanol–water partition coefficient (Wildman–Crippen LogP) is 9.20. The summed E-state index contributed by atoms with van der Waals surface area (Å²) in [6, 6.07) is 8.26. The van der Waals surface area contributed by atoms with Crippen LogP contribution in [-0.2, 0) is 5.41 Å². The number of rotatable bonds is 3. The lowest BCUT2D eigenvalue weighted by Crippen LogP contribution is -2.35. The highest BCUT2D eigenvalue weighted by molar-refractivity contribution is 9.11. The molecule has 2 N–H and O–H groups in total. The quantitative estimate of drug-likeness (QED) is 0.343. The molecular weight excluding hydrogens is 640 g/mol. The van der Waals surface area contributed by atoms with Crippen molar-refractivity contribution in [1.29, 1.82) is 0 Å². The highest BCUT2D eigenvalue weighted by atomic mass is 79.9. The number of hydrogen-bond acceptors (Lipinski definition) is 2. The van der Waals surface area contributed by atoms with Crippen LogP contribution in [0.4, 0.5) is 0 Å². The molecule has 0 radical (unpaired) electrons. The van der Waals surface area contributed by atoms with E-state index in [-0.39, 0.29) is 16.9 Å². The van der Waals surface area contributed by atoms with E-state index in [9.17, 15) is 10.2 Å². The Bertz CT molecular complexity index is 823. The molecule has 0 saturated heterocycles. The number of benzene rings is 2. The molecule has 0 aromatic heterocycles. The second-order valence-electron chi connectivity index (χ2n) is 8.89. The van der Waals surface area contributed by atoms with E-state index in [4.69, 9.17) is 0 Å². The smallest absolute Gasteiger partial charge is 0.143 e. The van der Waals surface area contributed by atoms with E-state index in [1.807, 2.05) is 0 Å². The Kier molecular flexibility index (Phi) is 7.28. The number of hydrogen-bond donors (Lipinski definition) is 2. The molecule has 2 aromatic carbocycles. The first-order valence-corrected chi connectivity index (χ1v) is 13.9. The summed E-state index contributed by atoms with van der Waals surface area (Å²) in [6.45, 7) is 0. The predicted molar refractivity (Wildman–Crippen MR) is 136 cm³/mol. The zero-order valence-electron chi connectivity index (χ0n) is 16.7. The van der Waals surface area contributed by atoms with Gasteiger partial charge in [0, 0.05) is 5.41 Å². The largest absolute Gasteiger partial charge is 0.506 e. The van der Waals surface area contributed by atoms with Crippen molar-refractivity contribution in [2.75, 3.05) is 0 Å². The van der Waals surface area contributed by atoms with E-state index in [1.54, 1.807) is 0 Å². The lowest BCUT2D eigenvalue weighted by molar-refractivity contribution is 0.163. The lowest BCUT2D eigenvalue weighted by atomic mass is 9.60. The van der Waals surface area contributed by atoms with E-state index in [2.05, 4.69) is 88.0 Å². The molecule has 0 unspecified atom stereocenters. The van der Waals surface area contributed by atoms with Gasteiger partial charge in [0.1, 0.15) is 11.5 Å². The van der Waals surface area contributed by atoms with Crippen LogP contribution in [-0.4, -0.2) is 10.2 Å². The molecule has 2 nitrogen and oxygen atoms in total. The first-order valence-electron chi connectivity index (χ1n) is 10.7. The van der Waals surface area contributed by atoms with Gasteiger partial charge >= 0.3 is 0 Å². The van der Waals surface area contributed by atoms with Crippen LogP contribution in [0.25, 0.3) is 0 Å². The first kappa shape index (κ1) is 23.1. The molecule has 30 heavy (non-hydrogen) atoms. The fraction of sp³-hybridized carbons (Fsp3) is 0.500. The van der Waals surface area contributed by atoms with Gasteiger partial charge in [-0.3, -0.25) is 0 Å². The van der Waals surface area contributed by atoms with Gasteiger partial charge in [0.25, 0.3) is 0 Å². The normalized spacial score (nSPS) is 20.4. The summed E-state index contributed by atoms with van der Waals surface area (Å²) in [5.74, 6) is 2.16. The topological polar surface area (TPSA) is 40.5 Å². The highest BCUT2D eigenvalue weighted by Gasteiger charge is 2.41. The van der Waals surface area contributed by atoms with Crippen LogP contribution >= 0.6 is 63.7 Å². The minimum atomic E-state index is -0.150. The van der Waals surface area contributed by atoms with E-state index in [0.717, 1.165) is 24.7 Å². The Morgan fingerprint density at radius 2 is 0.967 bits per heavy atom. The molecular formula is C24H26Br4O2. The highest BCUT2D eigenvalue weighted by Crippen LogP contribution is 2.53. The van der Waals surface area contributed by atoms with Crippen LogP contribution in [0, 0.1) is 11.8 Å². The summed E-state index contributed by atoms with van der Waals surface area (Å²) in [7, 11) is 0. The average Bonchev–Trinajstić information content (AvgIpc) is 2.75. The Morgan fingerprint density at radius 3 is 1.37 bits per heavy atom.